The SMILES string of the molecule is CCC(NC(=S)Nc1ccccc1C(F)(F)F)c1ccc(C(C)C)cc1. The van der Waals surface area contributed by atoms with Crippen molar-refractivity contribution in [3.8, 4) is 0 Å². The van der Waals surface area contributed by atoms with Gasteiger partial charge in [-0.2, -0.15) is 13.2 Å². The Kier molecular flexibility index (Phi) is 6.64. The third-order valence-corrected chi connectivity index (χ3v) is 4.42. The van der Waals surface area contributed by atoms with Gasteiger partial charge in [-0.05, 0) is 47.8 Å². The van der Waals surface area contributed by atoms with Gasteiger partial charge in [-0.3, -0.25) is 0 Å². The molecule has 26 heavy (non-hydrogen) atoms. The minimum atomic E-state index is -4.43. The molecular weight excluding hydrogens is 357 g/mol. The lowest BCUT2D eigenvalue weighted by atomic mass is 9.98. The zero-order chi connectivity index (χ0) is 19.3. The molecule has 0 aliphatic carbocycles. The highest BCUT2D eigenvalue weighted by Crippen LogP contribution is 2.34. The Morgan fingerprint density at radius 2 is 1.58 bits per heavy atom. The molecule has 2 N–H and O–H groups in total. The fourth-order valence-electron chi connectivity index (χ4n) is 2.69. The monoisotopic (exact) mass is 380 g/mol. The summed E-state index contributed by atoms with van der Waals surface area (Å²) in [5.74, 6) is 0.443. The molecule has 0 saturated heterocycles. The number of hydrogen-bond acceptors (Lipinski definition) is 1. The Bertz CT molecular complexity index is 739. The quantitative estimate of drug-likeness (QED) is 0.598. The van der Waals surface area contributed by atoms with E-state index in [9.17, 15) is 13.2 Å². The summed E-state index contributed by atoms with van der Waals surface area (Å²) in [6.45, 7) is 6.25. The van der Waals surface area contributed by atoms with E-state index in [-0.39, 0.29) is 16.8 Å². The van der Waals surface area contributed by atoms with Crippen molar-refractivity contribution < 1.29 is 13.2 Å². The number of rotatable bonds is 5. The number of alkyl halides is 3. The molecule has 0 spiro atoms. The number of benzene rings is 2. The van der Waals surface area contributed by atoms with Crippen LogP contribution in [0.3, 0.4) is 0 Å². The summed E-state index contributed by atoms with van der Waals surface area (Å²) < 4.78 is 39.3. The van der Waals surface area contributed by atoms with Crippen LogP contribution in [0.2, 0.25) is 0 Å². The van der Waals surface area contributed by atoms with Gasteiger partial charge in [0.15, 0.2) is 5.11 Å². The van der Waals surface area contributed by atoms with Crippen molar-refractivity contribution in [2.75, 3.05) is 5.32 Å². The van der Waals surface area contributed by atoms with E-state index < -0.39 is 11.7 Å². The van der Waals surface area contributed by atoms with Crippen LogP contribution >= 0.6 is 12.2 Å². The van der Waals surface area contributed by atoms with Gasteiger partial charge in [0.1, 0.15) is 0 Å². The Morgan fingerprint density at radius 1 is 1.00 bits per heavy atom. The van der Waals surface area contributed by atoms with Crippen molar-refractivity contribution in [2.24, 2.45) is 0 Å². The Morgan fingerprint density at radius 3 is 2.12 bits per heavy atom. The third kappa shape index (κ3) is 5.21. The van der Waals surface area contributed by atoms with Crippen LogP contribution in [-0.4, -0.2) is 5.11 Å². The summed E-state index contributed by atoms with van der Waals surface area (Å²) in [4.78, 5) is 0. The van der Waals surface area contributed by atoms with E-state index in [1.807, 2.05) is 19.1 Å². The highest BCUT2D eigenvalue weighted by atomic mass is 32.1. The molecule has 140 valence electrons. The molecule has 0 heterocycles. The predicted octanol–water partition coefficient (Wildman–Crippen LogP) is 6.27. The molecule has 2 aromatic carbocycles. The van der Waals surface area contributed by atoms with Crippen molar-refractivity contribution in [1.29, 1.82) is 0 Å². The molecule has 2 aromatic rings. The smallest absolute Gasteiger partial charge is 0.356 e. The molecule has 0 radical (unpaired) electrons. The second-order valence-electron chi connectivity index (χ2n) is 6.42. The molecule has 2 rings (SSSR count). The topological polar surface area (TPSA) is 24.1 Å². The molecule has 1 unspecified atom stereocenters. The highest BCUT2D eigenvalue weighted by Gasteiger charge is 2.33. The summed E-state index contributed by atoms with van der Waals surface area (Å²) >= 11 is 5.24. The van der Waals surface area contributed by atoms with Crippen molar-refractivity contribution in [1.82, 2.24) is 5.32 Å². The van der Waals surface area contributed by atoms with Crippen LogP contribution in [0.5, 0.6) is 0 Å². The van der Waals surface area contributed by atoms with Crippen molar-refractivity contribution in [3.63, 3.8) is 0 Å². The van der Waals surface area contributed by atoms with E-state index in [1.165, 1.54) is 17.7 Å². The summed E-state index contributed by atoms with van der Waals surface area (Å²) in [5, 5.41) is 5.96. The Hall–Kier alpha value is -2.08. The van der Waals surface area contributed by atoms with Gasteiger partial charge in [-0.1, -0.05) is 57.2 Å². The first kappa shape index (κ1) is 20.2. The second-order valence-corrected chi connectivity index (χ2v) is 6.83. The molecular formula is C20H23F3N2S. The Labute approximate surface area is 157 Å². The van der Waals surface area contributed by atoms with E-state index in [0.717, 1.165) is 18.1 Å². The number of para-hydroxylation sites is 1. The molecule has 0 aliphatic heterocycles. The fourth-order valence-corrected chi connectivity index (χ4v) is 2.94. The number of anilines is 1. The van der Waals surface area contributed by atoms with E-state index in [2.05, 4.69) is 36.6 Å². The van der Waals surface area contributed by atoms with E-state index in [4.69, 9.17) is 12.2 Å². The van der Waals surface area contributed by atoms with Gasteiger partial charge in [-0.25, -0.2) is 0 Å². The van der Waals surface area contributed by atoms with Crippen molar-refractivity contribution in [3.05, 3.63) is 65.2 Å². The minimum Gasteiger partial charge on any atom is -0.356 e. The average molecular weight is 380 g/mol. The largest absolute Gasteiger partial charge is 0.418 e. The molecule has 2 nitrogen and oxygen atoms in total. The van der Waals surface area contributed by atoms with Crippen LogP contribution in [0.4, 0.5) is 18.9 Å². The summed E-state index contributed by atoms with van der Waals surface area (Å²) in [5.41, 5.74) is 1.49. The number of thiocarbonyl (C=S) groups is 1. The molecule has 0 saturated carbocycles. The first-order valence-electron chi connectivity index (χ1n) is 8.56. The van der Waals surface area contributed by atoms with Gasteiger partial charge in [0.25, 0.3) is 0 Å². The van der Waals surface area contributed by atoms with E-state index in [0.29, 0.717) is 5.92 Å². The molecule has 0 fully saturated rings. The van der Waals surface area contributed by atoms with Crippen molar-refractivity contribution in [2.45, 2.75) is 45.3 Å². The number of halogens is 3. The summed E-state index contributed by atoms with van der Waals surface area (Å²) in [7, 11) is 0. The first-order chi connectivity index (χ1) is 12.2. The Balaban J connectivity index is 2.11. The second kappa shape index (κ2) is 8.54. The van der Waals surface area contributed by atoms with Crippen molar-refractivity contribution >= 4 is 23.0 Å². The summed E-state index contributed by atoms with van der Waals surface area (Å²) in [6.07, 6.45) is -3.68. The van der Waals surface area contributed by atoms with Gasteiger partial charge < -0.3 is 10.6 Å². The molecule has 0 aromatic heterocycles. The lowest BCUT2D eigenvalue weighted by Crippen LogP contribution is -2.32. The normalized spacial score (nSPS) is 12.7. The standard InChI is InChI=1S/C20H23F3N2S/c1-4-17(15-11-9-14(10-12-15)13(2)3)24-19(26)25-18-8-6-5-7-16(18)20(21,22)23/h5-13,17H,4H2,1-3H3,(H2,24,25,26). The van der Waals surface area contributed by atoms with Crippen LogP contribution in [-0.2, 0) is 6.18 Å². The maximum Gasteiger partial charge on any atom is 0.418 e. The van der Waals surface area contributed by atoms with Gasteiger partial charge in [0, 0.05) is 0 Å². The molecule has 1 atom stereocenters. The maximum absolute atomic E-state index is 13.1. The highest BCUT2D eigenvalue weighted by molar-refractivity contribution is 7.80. The average Bonchev–Trinajstić information content (AvgIpc) is 2.59. The lowest BCUT2D eigenvalue weighted by molar-refractivity contribution is -0.136. The maximum atomic E-state index is 13.1. The molecule has 0 amide bonds. The van der Waals surface area contributed by atoms with Crippen LogP contribution in [0.1, 0.15) is 55.8 Å². The van der Waals surface area contributed by atoms with Crippen LogP contribution < -0.4 is 10.6 Å². The minimum absolute atomic E-state index is 0.0532. The zero-order valence-corrected chi connectivity index (χ0v) is 15.8. The summed E-state index contributed by atoms with van der Waals surface area (Å²) in [6, 6.07) is 13.4. The fraction of sp³-hybridized carbons (Fsp3) is 0.350. The zero-order valence-electron chi connectivity index (χ0n) is 15.0. The third-order valence-electron chi connectivity index (χ3n) is 4.20. The molecule has 0 aliphatic rings. The number of nitrogens with one attached hydrogen (secondary N) is 2. The first-order valence-corrected chi connectivity index (χ1v) is 8.96. The molecule has 0 bridgehead atoms. The van der Waals surface area contributed by atoms with Crippen LogP contribution in [0.15, 0.2) is 48.5 Å². The van der Waals surface area contributed by atoms with E-state index in [1.54, 1.807) is 6.07 Å². The number of hydrogen-bond donors (Lipinski definition) is 2. The van der Waals surface area contributed by atoms with Gasteiger partial charge in [0.2, 0.25) is 0 Å². The molecule has 6 heteroatoms. The van der Waals surface area contributed by atoms with Gasteiger partial charge in [0.05, 0.1) is 17.3 Å². The lowest BCUT2D eigenvalue weighted by Gasteiger charge is -2.22. The predicted molar refractivity (Wildman–Crippen MR) is 104 cm³/mol. The van der Waals surface area contributed by atoms with Crippen LogP contribution in [0.25, 0.3) is 0 Å². The van der Waals surface area contributed by atoms with Gasteiger partial charge in [-0.15, -0.1) is 0 Å². The van der Waals surface area contributed by atoms with E-state index >= 15 is 0 Å². The van der Waals surface area contributed by atoms with Crippen LogP contribution in [0, 0.1) is 0 Å². The van der Waals surface area contributed by atoms with Gasteiger partial charge >= 0.3 is 6.18 Å².